The highest BCUT2D eigenvalue weighted by Gasteiger charge is 2.21. The van der Waals surface area contributed by atoms with Crippen LogP contribution in [0, 0.1) is 0 Å². The number of benzene rings is 1. The number of nitrogens with one attached hydrogen (secondary N) is 1. The molecule has 5 nitrogen and oxygen atoms in total. The lowest BCUT2D eigenvalue weighted by atomic mass is 10.1. The molecule has 0 bridgehead atoms. The van der Waals surface area contributed by atoms with Gasteiger partial charge >= 0.3 is 5.97 Å². The Labute approximate surface area is 106 Å². The highest BCUT2D eigenvalue weighted by atomic mass is 16.5. The molecule has 0 aromatic heterocycles. The molecule has 2 atom stereocenters. The number of ether oxygens (including phenoxy) is 1. The van der Waals surface area contributed by atoms with Crippen molar-refractivity contribution >= 4 is 11.9 Å². The summed E-state index contributed by atoms with van der Waals surface area (Å²) in [4.78, 5) is 23.2. The van der Waals surface area contributed by atoms with Crippen LogP contribution in [0.1, 0.15) is 25.5 Å². The molecule has 0 saturated heterocycles. The first kappa shape index (κ1) is 14.2. The fourth-order valence-corrected chi connectivity index (χ4v) is 1.44. The minimum absolute atomic E-state index is 0.282. The molecule has 0 fully saturated rings. The average Bonchev–Trinajstić information content (AvgIpc) is 2.39. The molecule has 0 unspecified atom stereocenters. The molecule has 1 aromatic rings. The summed E-state index contributed by atoms with van der Waals surface area (Å²) in [6.07, 6.45) is 0. The summed E-state index contributed by atoms with van der Waals surface area (Å²) in [7, 11) is 0. The van der Waals surface area contributed by atoms with Crippen LogP contribution in [0.3, 0.4) is 0 Å². The summed E-state index contributed by atoms with van der Waals surface area (Å²) in [5, 5.41) is 2.52. The zero-order valence-electron chi connectivity index (χ0n) is 10.6. The lowest BCUT2D eigenvalue weighted by molar-refractivity contribution is -0.147. The summed E-state index contributed by atoms with van der Waals surface area (Å²) in [5.74, 6) is -0.868. The Balaban J connectivity index is 2.58. The third-order valence-electron chi connectivity index (χ3n) is 2.44. The Morgan fingerprint density at radius 2 is 1.94 bits per heavy atom. The van der Waals surface area contributed by atoms with Crippen molar-refractivity contribution in [2.45, 2.75) is 25.9 Å². The van der Waals surface area contributed by atoms with Gasteiger partial charge in [-0.05, 0) is 19.4 Å². The Kier molecular flexibility index (Phi) is 5.32. The number of carbonyl (C=O) groups is 2. The van der Waals surface area contributed by atoms with E-state index in [0.717, 1.165) is 0 Å². The number of hydrogen-bond donors (Lipinski definition) is 2. The Bertz CT molecular complexity index is 406. The van der Waals surface area contributed by atoms with Gasteiger partial charge in [0.1, 0.15) is 12.1 Å². The molecular formula is C13H18N2O3. The van der Waals surface area contributed by atoms with Gasteiger partial charge in [0.25, 0.3) is 0 Å². The summed E-state index contributed by atoms with van der Waals surface area (Å²) >= 11 is 0. The Morgan fingerprint density at radius 3 is 2.50 bits per heavy atom. The van der Waals surface area contributed by atoms with Gasteiger partial charge in [-0.15, -0.1) is 0 Å². The second-order valence-corrected chi connectivity index (χ2v) is 3.87. The SMILES string of the molecule is CCOC(=O)[C@H](C)NC(=O)[C@@H](N)c1ccccc1. The number of nitrogens with two attached hydrogens (primary N) is 1. The lowest BCUT2D eigenvalue weighted by Gasteiger charge is -2.16. The summed E-state index contributed by atoms with van der Waals surface area (Å²) < 4.78 is 4.80. The van der Waals surface area contributed by atoms with Crippen molar-refractivity contribution < 1.29 is 14.3 Å². The van der Waals surface area contributed by atoms with Gasteiger partial charge in [0.15, 0.2) is 0 Å². The molecule has 98 valence electrons. The number of amides is 1. The molecule has 0 radical (unpaired) electrons. The summed E-state index contributed by atoms with van der Waals surface area (Å²) in [6, 6.07) is 7.48. The van der Waals surface area contributed by atoms with Gasteiger partial charge in [0, 0.05) is 0 Å². The van der Waals surface area contributed by atoms with E-state index in [4.69, 9.17) is 10.5 Å². The normalized spacial score (nSPS) is 13.5. The van der Waals surface area contributed by atoms with Gasteiger partial charge in [0.05, 0.1) is 6.61 Å². The maximum Gasteiger partial charge on any atom is 0.328 e. The van der Waals surface area contributed by atoms with Crippen LogP contribution in [-0.4, -0.2) is 24.5 Å². The zero-order valence-corrected chi connectivity index (χ0v) is 10.6. The van der Waals surface area contributed by atoms with Crippen molar-refractivity contribution in [3.63, 3.8) is 0 Å². The van der Waals surface area contributed by atoms with Crippen LogP contribution in [0.5, 0.6) is 0 Å². The minimum Gasteiger partial charge on any atom is -0.464 e. The van der Waals surface area contributed by atoms with Crippen LogP contribution in [0.15, 0.2) is 30.3 Å². The first-order valence-corrected chi connectivity index (χ1v) is 5.83. The third kappa shape index (κ3) is 3.85. The molecule has 0 saturated carbocycles. The fourth-order valence-electron chi connectivity index (χ4n) is 1.44. The second-order valence-electron chi connectivity index (χ2n) is 3.87. The van der Waals surface area contributed by atoms with Crippen LogP contribution >= 0.6 is 0 Å². The van der Waals surface area contributed by atoms with Crippen LogP contribution in [0.2, 0.25) is 0 Å². The molecule has 0 aliphatic rings. The van der Waals surface area contributed by atoms with Gasteiger partial charge in [-0.2, -0.15) is 0 Å². The van der Waals surface area contributed by atoms with Gasteiger partial charge in [-0.3, -0.25) is 4.79 Å². The molecular weight excluding hydrogens is 232 g/mol. The van der Waals surface area contributed by atoms with E-state index in [1.54, 1.807) is 38.1 Å². The highest BCUT2D eigenvalue weighted by Crippen LogP contribution is 2.09. The van der Waals surface area contributed by atoms with Crippen LogP contribution in [0.4, 0.5) is 0 Å². The van der Waals surface area contributed by atoms with E-state index in [1.165, 1.54) is 0 Å². The van der Waals surface area contributed by atoms with E-state index in [9.17, 15) is 9.59 Å². The first-order chi connectivity index (χ1) is 8.56. The summed E-state index contributed by atoms with van der Waals surface area (Å²) in [5.41, 5.74) is 6.50. The van der Waals surface area contributed by atoms with E-state index >= 15 is 0 Å². The van der Waals surface area contributed by atoms with Crippen LogP contribution in [-0.2, 0) is 14.3 Å². The largest absolute Gasteiger partial charge is 0.464 e. The average molecular weight is 250 g/mol. The van der Waals surface area contributed by atoms with Crippen molar-refractivity contribution in [3.8, 4) is 0 Å². The van der Waals surface area contributed by atoms with Crippen molar-refractivity contribution in [2.75, 3.05) is 6.61 Å². The number of carbonyl (C=O) groups excluding carboxylic acids is 2. The van der Waals surface area contributed by atoms with Crippen molar-refractivity contribution in [1.29, 1.82) is 0 Å². The molecule has 1 amide bonds. The maximum atomic E-state index is 11.8. The van der Waals surface area contributed by atoms with E-state index < -0.39 is 24.0 Å². The predicted molar refractivity (Wildman–Crippen MR) is 67.6 cm³/mol. The smallest absolute Gasteiger partial charge is 0.328 e. The molecule has 18 heavy (non-hydrogen) atoms. The van der Waals surface area contributed by atoms with Gasteiger partial charge in [-0.25, -0.2) is 4.79 Å². The topological polar surface area (TPSA) is 81.4 Å². The quantitative estimate of drug-likeness (QED) is 0.756. The lowest BCUT2D eigenvalue weighted by Crippen LogP contribution is -2.43. The maximum absolute atomic E-state index is 11.8. The van der Waals surface area contributed by atoms with E-state index in [0.29, 0.717) is 5.56 Å². The standard InChI is InChI=1S/C13H18N2O3/c1-3-18-13(17)9(2)15-12(16)11(14)10-7-5-4-6-8-10/h4-9,11H,3,14H2,1-2H3,(H,15,16)/t9-,11-/m0/s1. The second kappa shape index (κ2) is 6.76. The summed E-state index contributed by atoms with van der Waals surface area (Å²) in [6.45, 7) is 3.56. The Hall–Kier alpha value is -1.88. The van der Waals surface area contributed by atoms with Gasteiger partial charge in [-0.1, -0.05) is 30.3 Å². The number of hydrogen-bond acceptors (Lipinski definition) is 4. The first-order valence-electron chi connectivity index (χ1n) is 5.83. The monoisotopic (exact) mass is 250 g/mol. The number of rotatable bonds is 5. The zero-order chi connectivity index (χ0) is 13.5. The van der Waals surface area contributed by atoms with Crippen molar-refractivity contribution in [2.24, 2.45) is 5.73 Å². The Morgan fingerprint density at radius 1 is 1.33 bits per heavy atom. The predicted octanol–water partition coefficient (Wildman–Crippen LogP) is 0.754. The molecule has 5 heteroatoms. The molecule has 1 rings (SSSR count). The highest BCUT2D eigenvalue weighted by molar-refractivity contribution is 5.87. The third-order valence-corrected chi connectivity index (χ3v) is 2.44. The number of esters is 1. The molecule has 0 heterocycles. The van der Waals surface area contributed by atoms with Crippen molar-refractivity contribution in [3.05, 3.63) is 35.9 Å². The molecule has 0 aliphatic carbocycles. The van der Waals surface area contributed by atoms with Crippen molar-refractivity contribution in [1.82, 2.24) is 5.32 Å². The fraction of sp³-hybridized carbons (Fsp3) is 0.385. The molecule has 0 aliphatic heterocycles. The van der Waals surface area contributed by atoms with Gasteiger partial charge < -0.3 is 15.8 Å². The van der Waals surface area contributed by atoms with Crippen LogP contribution in [0.25, 0.3) is 0 Å². The van der Waals surface area contributed by atoms with E-state index in [2.05, 4.69) is 5.32 Å². The molecule has 3 N–H and O–H groups in total. The van der Waals surface area contributed by atoms with Gasteiger partial charge in [0.2, 0.25) is 5.91 Å². The molecule has 1 aromatic carbocycles. The van der Waals surface area contributed by atoms with Crippen LogP contribution < -0.4 is 11.1 Å². The molecule has 0 spiro atoms. The van der Waals surface area contributed by atoms with E-state index in [1.807, 2.05) is 6.07 Å². The minimum atomic E-state index is -0.789. The van der Waals surface area contributed by atoms with E-state index in [-0.39, 0.29) is 6.61 Å².